The molecule has 4 nitrogen and oxygen atoms in total. The molecule has 0 bridgehead atoms. The molecular weight excluding hydrogens is 260 g/mol. The second-order valence-corrected chi connectivity index (χ2v) is 6.37. The van der Waals surface area contributed by atoms with Crippen LogP contribution in [-0.4, -0.2) is 22.6 Å². The van der Waals surface area contributed by atoms with Gasteiger partial charge in [0, 0.05) is 18.0 Å². The minimum Gasteiger partial charge on any atom is -0.383 e. The number of benzene rings is 1. The Morgan fingerprint density at radius 3 is 2.76 bits per heavy atom. The predicted molar refractivity (Wildman–Crippen MR) is 86.3 cm³/mol. The Kier molecular flexibility index (Phi) is 3.17. The van der Waals surface area contributed by atoms with Crippen molar-refractivity contribution in [3.8, 4) is 0 Å². The lowest BCUT2D eigenvalue weighted by molar-refractivity contribution is 0.241. The number of nitrogen functional groups attached to an aromatic ring is 1. The van der Waals surface area contributed by atoms with Gasteiger partial charge in [0.15, 0.2) is 0 Å². The molecule has 2 atom stereocenters. The van der Waals surface area contributed by atoms with E-state index in [2.05, 4.69) is 9.88 Å². The van der Waals surface area contributed by atoms with E-state index in [9.17, 15) is 0 Å². The summed E-state index contributed by atoms with van der Waals surface area (Å²) < 4.78 is 0. The van der Waals surface area contributed by atoms with Gasteiger partial charge in [-0.25, -0.2) is 4.98 Å². The molecule has 4 rings (SSSR count). The minimum absolute atomic E-state index is 0.605. The van der Waals surface area contributed by atoms with E-state index in [0.717, 1.165) is 29.3 Å². The molecule has 2 aromatic rings. The maximum atomic E-state index is 6.15. The summed E-state index contributed by atoms with van der Waals surface area (Å²) in [4.78, 5) is 11.8. The Morgan fingerprint density at radius 1 is 1.00 bits per heavy atom. The molecule has 2 heterocycles. The highest BCUT2D eigenvalue weighted by atomic mass is 15.3. The molecule has 0 radical (unpaired) electrons. The average Bonchev–Trinajstić information content (AvgIpc) is 2.54. The third kappa shape index (κ3) is 2.23. The Labute approximate surface area is 125 Å². The van der Waals surface area contributed by atoms with Gasteiger partial charge in [-0.2, -0.15) is 4.98 Å². The fourth-order valence-corrected chi connectivity index (χ4v) is 4.09. The first-order chi connectivity index (χ1) is 10.3. The summed E-state index contributed by atoms with van der Waals surface area (Å²) in [5, 5.41) is 0.957. The number of anilines is 2. The molecule has 0 spiro atoms. The maximum absolute atomic E-state index is 6.15. The summed E-state index contributed by atoms with van der Waals surface area (Å²) in [6.07, 6.45) is 7.98. The number of piperidine rings is 1. The van der Waals surface area contributed by atoms with E-state index in [0.29, 0.717) is 11.9 Å². The zero-order chi connectivity index (χ0) is 14.2. The Morgan fingerprint density at radius 2 is 1.81 bits per heavy atom. The molecule has 2 N–H and O–H groups in total. The highest BCUT2D eigenvalue weighted by Gasteiger charge is 2.34. The van der Waals surface area contributed by atoms with Gasteiger partial charge in [-0.15, -0.1) is 0 Å². The molecule has 2 unspecified atom stereocenters. The molecule has 1 aromatic heterocycles. The number of para-hydroxylation sites is 1. The van der Waals surface area contributed by atoms with Gasteiger partial charge >= 0.3 is 0 Å². The topological polar surface area (TPSA) is 55.0 Å². The first kappa shape index (κ1) is 12.9. The van der Waals surface area contributed by atoms with Crippen LogP contribution in [0.1, 0.15) is 38.5 Å². The van der Waals surface area contributed by atoms with Crippen molar-refractivity contribution < 1.29 is 0 Å². The van der Waals surface area contributed by atoms with E-state index < -0.39 is 0 Å². The van der Waals surface area contributed by atoms with Crippen LogP contribution in [0.5, 0.6) is 0 Å². The Balaban J connectivity index is 1.74. The van der Waals surface area contributed by atoms with Gasteiger partial charge in [-0.3, -0.25) is 0 Å². The second-order valence-electron chi connectivity index (χ2n) is 6.37. The molecule has 0 amide bonds. The molecule has 1 aromatic carbocycles. The molecular formula is C17H22N4. The standard InChI is InChI=1S/C17H22N4/c18-16-13-8-2-3-9-14(13)19-17(20-16)21-11-5-7-12-6-1-4-10-15(12)21/h2-3,8-9,12,15H,1,4-7,10-11H2,(H2,18,19,20). The molecule has 2 fully saturated rings. The molecule has 21 heavy (non-hydrogen) atoms. The molecule has 110 valence electrons. The normalized spacial score (nSPS) is 25.8. The van der Waals surface area contributed by atoms with Crippen LogP contribution in [0.15, 0.2) is 24.3 Å². The summed E-state index contributed by atoms with van der Waals surface area (Å²) >= 11 is 0. The molecule has 1 aliphatic carbocycles. The number of aromatic nitrogens is 2. The quantitative estimate of drug-likeness (QED) is 0.871. The lowest BCUT2D eigenvalue weighted by atomic mass is 9.78. The predicted octanol–water partition coefficient (Wildman–Crippen LogP) is 3.37. The largest absolute Gasteiger partial charge is 0.383 e. The van der Waals surface area contributed by atoms with Gasteiger partial charge in [-0.1, -0.05) is 25.0 Å². The molecule has 1 aliphatic heterocycles. The summed E-state index contributed by atoms with van der Waals surface area (Å²) in [5.41, 5.74) is 7.11. The zero-order valence-electron chi connectivity index (χ0n) is 12.3. The monoisotopic (exact) mass is 282 g/mol. The highest BCUT2D eigenvalue weighted by molar-refractivity contribution is 5.88. The van der Waals surface area contributed by atoms with Crippen LogP contribution in [-0.2, 0) is 0 Å². The van der Waals surface area contributed by atoms with Crippen molar-refractivity contribution in [3.05, 3.63) is 24.3 Å². The van der Waals surface area contributed by atoms with Crippen molar-refractivity contribution in [3.63, 3.8) is 0 Å². The van der Waals surface area contributed by atoms with E-state index in [1.54, 1.807) is 0 Å². The number of fused-ring (bicyclic) bond motifs is 2. The summed E-state index contributed by atoms with van der Waals surface area (Å²) in [5.74, 6) is 2.26. The highest BCUT2D eigenvalue weighted by Crippen LogP contribution is 2.37. The molecule has 4 heteroatoms. The number of nitrogens with zero attached hydrogens (tertiary/aromatic N) is 3. The lowest BCUT2D eigenvalue weighted by Crippen LogP contribution is -2.47. The first-order valence-corrected chi connectivity index (χ1v) is 8.12. The summed E-state index contributed by atoms with van der Waals surface area (Å²) in [6.45, 7) is 1.07. The van der Waals surface area contributed by atoms with E-state index in [1.807, 2.05) is 24.3 Å². The van der Waals surface area contributed by atoms with Crippen molar-refractivity contribution >= 4 is 22.7 Å². The van der Waals surface area contributed by atoms with Crippen molar-refractivity contribution in [2.75, 3.05) is 17.2 Å². The van der Waals surface area contributed by atoms with E-state index in [1.165, 1.54) is 38.5 Å². The maximum Gasteiger partial charge on any atom is 0.228 e. The van der Waals surface area contributed by atoms with Crippen LogP contribution in [0, 0.1) is 5.92 Å². The Bertz CT molecular complexity index is 652. The SMILES string of the molecule is Nc1nc(N2CCCC3CCCCC32)nc2ccccc12. The zero-order valence-corrected chi connectivity index (χ0v) is 12.3. The molecule has 2 aliphatic rings. The van der Waals surface area contributed by atoms with Crippen LogP contribution in [0.2, 0.25) is 0 Å². The second kappa shape index (κ2) is 5.17. The van der Waals surface area contributed by atoms with Gasteiger partial charge in [0.25, 0.3) is 0 Å². The van der Waals surface area contributed by atoms with Crippen LogP contribution in [0.25, 0.3) is 10.9 Å². The molecule has 1 saturated heterocycles. The van der Waals surface area contributed by atoms with Crippen molar-refractivity contribution in [2.24, 2.45) is 5.92 Å². The van der Waals surface area contributed by atoms with Crippen LogP contribution in [0.4, 0.5) is 11.8 Å². The van der Waals surface area contributed by atoms with E-state index >= 15 is 0 Å². The van der Waals surface area contributed by atoms with Gasteiger partial charge in [-0.05, 0) is 43.7 Å². The number of hydrogen-bond donors (Lipinski definition) is 1. The van der Waals surface area contributed by atoms with Gasteiger partial charge in [0.1, 0.15) is 5.82 Å². The number of nitrogens with two attached hydrogens (primary N) is 1. The Hall–Kier alpha value is -1.84. The van der Waals surface area contributed by atoms with Crippen molar-refractivity contribution in [1.29, 1.82) is 0 Å². The third-order valence-corrected chi connectivity index (χ3v) is 5.12. The average molecular weight is 282 g/mol. The summed E-state index contributed by atoms with van der Waals surface area (Å²) in [7, 11) is 0. The summed E-state index contributed by atoms with van der Waals surface area (Å²) in [6, 6.07) is 8.64. The smallest absolute Gasteiger partial charge is 0.228 e. The van der Waals surface area contributed by atoms with Gasteiger partial charge < -0.3 is 10.6 Å². The first-order valence-electron chi connectivity index (χ1n) is 8.12. The number of hydrogen-bond acceptors (Lipinski definition) is 4. The minimum atomic E-state index is 0.605. The van der Waals surface area contributed by atoms with E-state index in [-0.39, 0.29) is 0 Å². The number of rotatable bonds is 1. The van der Waals surface area contributed by atoms with Gasteiger partial charge in [0.2, 0.25) is 5.95 Å². The lowest BCUT2D eigenvalue weighted by Gasteiger charge is -2.44. The third-order valence-electron chi connectivity index (χ3n) is 5.12. The molecule has 1 saturated carbocycles. The van der Waals surface area contributed by atoms with Crippen molar-refractivity contribution in [2.45, 2.75) is 44.6 Å². The fraction of sp³-hybridized carbons (Fsp3) is 0.529. The van der Waals surface area contributed by atoms with Gasteiger partial charge in [0.05, 0.1) is 5.52 Å². The van der Waals surface area contributed by atoms with Crippen LogP contribution < -0.4 is 10.6 Å². The van der Waals surface area contributed by atoms with Crippen LogP contribution >= 0.6 is 0 Å². The van der Waals surface area contributed by atoms with E-state index in [4.69, 9.17) is 10.7 Å². The van der Waals surface area contributed by atoms with Crippen molar-refractivity contribution in [1.82, 2.24) is 9.97 Å². The van der Waals surface area contributed by atoms with Crippen LogP contribution in [0.3, 0.4) is 0 Å². The fourth-order valence-electron chi connectivity index (χ4n) is 4.09.